The van der Waals surface area contributed by atoms with Crippen LogP contribution in [0.15, 0.2) is 24.3 Å². The Hall–Kier alpha value is -1.66. The van der Waals surface area contributed by atoms with E-state index >= 15 is 0 Å². The lowest BCUT2D eigenvalue weighted by Crippen LogP contribution is -2.15. The Morgan fingerprint density at radius 3 is 2.95 bits per heavy atom. The van der Waals surface area contributed by atoms with E-state index in [4.69, 9.17) is 4.74 Å². The Morgan fingerprint density at radius 1 is 1.53 bits per heavy atom. The number of rotatable bonds is 5. The predicted molar refractivity (Wildman–Crippen MR) is 72.7 cm³/mol. The monoisotopic (exact) mass is 257 g/mol. The zero-order chi connectivity index (χ0) is 13.7. The Kier molecular flexibility index (Phi) is 4.70. The maximum absolute atomic E-state index is 12.2. The fourth-order valence-corrected chi connectivity index (χ4v) is 2.55. The van der Waals surface area contributed by atoms with Gasteiger partial charge in [-0.1, -0.05) is 24.3 Å². The number of Topliss-reactive ketones (excluding diaryl/α,β-unsaturated/α-hetero) is 1. The number of carbonyl (C=O) groups excluding carboxylic acids is 1. The van der Waals surface area contributed by atoms with E-state index in [9.17, 15) is 10.1 Å². The second-order valence-electron chi connectivity index (χ2n) is 5.06. The molecular formula is C16H19NO2. The summed E-state index contributed by atoms with van der Waals surface area (Å²) in [6, 6.07) is 9.75. The summed E-state index contributed by atoms with van der Waals surface area (Å²) in [5.41, 5.74) is 1.84. The van der Waals surface area contributed by atoms with Crippen LogP contribution in [0.25, 0.3) is 0 Å². The molecule has 2 atom stereocenters. The fraction of sp³-hybridized carbons (Fsp3) is 0.500. The number of hydrogen-bond donors (Lipinski definition) is 0. The van der Waals surface area contributed by atoms with E-state index in [1.807, 2.05) is 31.2 Å². The van der Waals surface area contributed by atoms with Gasteiger partial charge < -0.3 is 4.74 Å². The van der Waals surface area contributed by atoms with Gasteiger partial charge in [-0.25, -0.2) is 0 Å². The van der Waals surface area contributed by atoms with Crippen molar-refractivity contribution in [1.82, 2.24) is 0 Å². The molecule has 0 aliphatic carbocycles. The summed E-state index contributed by atoms with van der Waals surface area (Å²) in [4.78, 5) is 12.2. The number of carbonyl (C=O) groups is 1. The number of ketones is 1. The average Bonchev–Trinajstić information content (AvgIpc) is 2.92. The predicted octanol–water partition coefficient (Wildman–Crippen LogP) is 3.13. The quantitative estimate of drug-likeness (QED) is 0.814. The average molecular weight is 257 g/mol. The minimum atomic E-state index is -0.636. The van der Waals surface area contributed by atoms with Gasteiger partial charge in [-0.15, -0.1) is 0 Å². The van der Waals surface area contributed by atoms with E-state index in [1.165, 1.54) is 0 Å². The van der Waals surface area contributed by atoms with E-state index in [0.29, 0.717) is 6.42 Å². The summed E-state index contributed by atoms with van der Waals surface area (Å²) in [6.07, 6.45) is 3.49. The third kappa shape index (κ3) is 3.42. The molecule has 3 nitrogen and oxygen atoms in total. The molecule has 0 N–H and O–H groups in total. The molecule has 1 heterocycles. The minimum absolute atomic E-state index is 0.00676. The second kappa shape index (κ2) is 6.49. The smallest absolute Gasteiger partial charge is 0.154 e. The second-order valence-corrected chi connectivity index (χ2v) is 5.06. The number of hydrogen-bond acceptors (Lipinski definition) is 3. The lowest BCUT2D eigenvalue weighted by Gasteiger charge is -2.13. The van der Waals surface area contributed by atoms with Crippen LogP contribution < -0.4 is 0 Å². The molecule has 100 valence electrons. The molecule has 1 aliphatic heterocycles. The van der Waals surface area contributed by atoms with Gasteiger partial charge >= 0.3 is 0 Å². The summed E-state index contributed by atoms with van der Waals surface area (Å²) < 4.78 is 5.51. The van der Waals surface area contributed by atoms with Crippen LogP contribution in [0.2, 0.25) is 0 Å². The molecule has 1 fully saturated rings. The van der Waals surface area contributed by atoms with Gasteiger partial charge in [0.15, 0.2) is 5.78 Å². The molecule has 0 aromatic heterocycles. The van der Waals surface area contributed by atoms with Crippen molar-refractivity contribution in [3.8, 4) is 6.07 Å². The van der Waals surface area contributed by atoms with Crippen molar-refractivity contribution in [3.63, 3.8) is 0 Å². The third-order valence-electron chi connectivity index (χ3n) is 3.69. The highest BCUT2D eigenvalue weighted by Gasteiger charge is 2.23. The number of ether oxygens (including phenoxy) is 1. The van der Waals surface area contributed by atoms with Crippen LogP contribution in [-0.4, -0.2) is 18.5 Å². The molecule has 0 bridgehead atoms. The van der Waals surface area contributed by atoms with E-state index in [-0.39, 0.29) is 11.9 Å². The van der Waals surface area contributed by atoms with Gasteiger partial charge in [0, 0.05) is 13.0 Å². The summed E-state index contributed by atoms with van der Waals surface area (Å²) >= 11 is 0. The Bertz CT molecular complexity index is 484. The molecule has 1 aromatic rings. The number of benzene rings is 1. The molecule has 3 heteroatoms. The van der Waals surface area contributed by atoms with Gasteiger partial charge in [0.25, 0.3) is 0 Å². The van der Waals surface area contributed by atoms with E-state index in [1.54, 1.807) is 0 Å². The molecule has 2 unspecified atom stereocenters. The zero-order valence-corrected chi connectivity index (χ0v) is 11.3. The van der Waals surface area contributed by atoms with Crippen molar-refractivity contribution in [1.29, 1.82) is 5.26 Å². The molecule has 2 rings (SSSR count). The third-order valence-corrected chi connectivity index (χ3v) is 3.69. The van der Waals surface area contributed by atoms with E-state index < -0.39 is 5.92 Å². The normalized spacial score (nSPS) is 19.9. The lowest BCUT2D eigenvalue weighted by molar-refractivity contribution is -0.120. The first-order valence-electron chi connectivity index (χ1n) is 6.82. The highest BCUT2D eigenvalue weighted by molar-refractivity contribution is 5.88. The van der Waals surface area contributed by atoms with E-state index in [2.05, 4.69) is 6.07 Å². The topological polar surface area (TPSA) is 50.1 Å². The minimum Gasteiger partial charge on any atom is -0.378 e. The number of nitriles is 1. The van der Waals surface area contributed by atoms with Crippen LogP contribution in [0, 0.1) is 18.3 Å². The van der Waals surface area contributed by atoms with Crippen molar-refractivity contribution in [3.05, 3.63) is 35.4 Å². The standard InChI is InChI=1S/C16H19NO2/c1-12-5-2-3-7-14(12)15(11-17)16(18)9-8-13-6-4-10-19-13/h2-3,5,7,13,15H,4,6,8-10H2,1H3. The highest BCUT2D eigenvalue weighted by Crippen LogP contribution is 2.24. The SMILES string of the molecule is Cc1ccccc1C(C#N)C(=O)CCC1CCCO1. The maximum atomic E-state index is 12.2. The number of aryl methyl sites for hydroxylation is 1. The van der Waals surface area contributed by atoms with Crippen LogP contribution >= 0.6 is 0 Å². The fourth-order valence-electron chi connectivity index (χ4n) is 2.55. The molecular weight excluding hydrogens is 238 g/mol. The van der Waals surface area contributed by atoms with Crippen molar-refractivity contribution in [2.75, 3.05) is 6.61 Å². The van der Waals surface area contributed by atoms with Gasteiger partial charge in [0.1, 0.15) is 5.92 Å². The highest BCUT2D eigenvalue weighted by atomic mass is 16.5. The summed E-state index contributed by atoms with van der Waals surface area (Å²) in [7, 11) is 0. The van der Waals surface area contributed by atoms with Gasteiger partial charge in [-0.05, 0) is 37.3 Å². The van der Waals surface area contributed by atoms with E-state index in [0.717, 1.165) is 37.0 Å². The van der Waals surface area contributed by atoms with Gasteiger partial charge in [-0.3, -0.25) is 4.79 Å². The first kappa shape index (κ1) is 13.8. The van der Waals surface area contributed by atoms with Crippen LogP contribution in [0.3, 0.4) is 0 Å². The van der Waals surface area contributed by atoms with Gasteiger partial charge in [0.2, 0.25) is 0 Å². The first-order chi connectivity index (χ1) is 9.22. The maximum Gasteiger partial charge on any atom is 0.154 e. The van der Waals surface area contributed by atoms with Crippen LogP contribution in [0.4, 0.5) is 0 Å². The van der Waals surface area contributed by atoms with Crippen LogP contribution in [-0.2, 0) is 9.53 Å². The largest absolute Gasteiger partial charge is 0.378 e. The molecule has 0 amide bonds. The van der Waals surface area contributed by atoms with Crippen molar-refractivity contribution in [2.24, 2.45) is 0 Å². The summed E-state index contributed by atoms with van der Waals surface area (Å²) in [5, 5.41) is 9.26. The first-order valence-corrected chi connectivity index (χ1v) is 6.82. The Labute approximate surface area is 114 Å². The molecule has 1 saturated heterocycles. The summed E-state index contributed by atoms with van der Waals surface area (Å²) in [6.45, 7) is 2.74. The zero-order valence-electron chi connectivity index (χ0n) is 11.3. The molecule has 1 aliphatic rings. The molecule has 1 aromatic carbocycles. The Balaban J connectivity index is 1.99. The number of nitrogens with zero attached hydrogens (tertiary/aromatic N) is 1. The molecule has 19 heavy (non-hydrogen) atoms. The molecule has 0 spiro atoms. The van der Waals surface area contributed by atoms with Crippen LogP contribution in [0.5, 0.6) is 0 Å². The van der Waals surface area contributed by atoms with Crippen molar-refractivity contribution < 1.29 is 9.53 Å². The van der Waals surface area contributed by atoms with Crippen molar-refractivity contribution in [2.45, 2.75) is 44.6 Å². The lowest BCUT2D eigenvalue weighted by atomic mass is 9.90. The summed E-state index contributed by atoms with van der Waals surface area (Å²) in [5.74, 6) is -0.630. The van der Waals surface area contributed by atoms with Crippen molar-refractivity contribution >= 4 is 5.78 Å². The Morgan fingerprint density at radius 2 is 2.32 bits per heavy atom. The van der Waals surface area contributed by atoms with Crippen LogP contribution in [0.1, 0.15) is 42.7 Å². The van der Waals surface area contributed by atoms with Gasteiger partial charge in [-0.2, -0.15) is 5.26 Å². The van der Waals surface area contributed by atoms with Gasteiger partial charge in [0.05, 0.1) is 12.2 Å². The molecule has 0 saturated carbocycles. The molecule has 0 radical (unpaired) electrons.